The van der Waals surface area contributed by atoms with E-state index in [9.17, 15) is 4.79 Å². The SMILES string of the molecule is CNc1ncnc(NCCC(=O)N2CCCC2)c1OC. The van der Waals surface area contributed by atoms with Crippen molar-refractivity contribution in [3.8, 4) is 5.75 Å². The number of nitrogens with one attached hydrogen (secondary N) is 2. The van der Waals surface area contributed by atoms with E-state index in [0.717, 1.165) is 25.9 Å². The summed E-state index contributed by atoms with van der Waals surface area (Å²) in [5.74, 6) is 1.97. The van der Waals surface area contributed by atoms with Crippen LogP contribution in [0.4, 0.5) is 11.6 Å². The molecule has 1 fully saturated rings. The maximum Gasteiger partial charge on any atom is 0.224 e. The normalized spacial score (nSPS) is 14.2. The molecule has 1 aromatic heterocycles. The van der Waals surface area contributed by atoms with Gasteiger partial charge in [0.25, 0.3) is 0 Å². The third kappa shape index (κ3) is 3.28. The molecule has 0 unspecified atom stereocenters. The lowest BCUT2D eigenvalue weighted by Gasteiger charge is -2.16. The van der Waals surface area contributed by atoms with E-state index in [2.05, 4.69) is 20.6 Å². The van der Waals surface area contributed by atoms with E-state index in [0.29, 0.717) is 30.4 Å². The summed E-state index contributed by atoms with van der Waals surface area (Å²) in [4.78, 5) is 22.1. The molecule has 0 bridgehead atoms. The first-order valence-electron chi connectivity index (χ1n) is 6.84. The van der Waals surface area contributed by atoms with Gasteiger partial charge in [-0.05, 0) is 12.8 Å². The molecule has 1 aliphatic heterocycles. The molecule has 1 aromatic rings. The molecule has 20 heavy (non-hydrogen) atoms. The Hall–Kier alpha value is -2.05. The van der Waals surface area contributed by atoms with Crippen LogP contribution in [-0.2, 0) is 4.79 Å². The Morgan fingerprint density at radius 2 is 2.05 bits per heavy atom. The molecule has 0 spiro atoms. The molecule has 1 amide bonds. The highest BCUT2D eigenvalue weighted by molar-refractivity contribution is 5.77. The second kappa shape index (κ2) is 6.93. The highest BCUT2D eigenvalue weighted by Crippen LogP contribution is 2.28. The summed E-state index contributed by atoms with van der Waals surface area (Å²) in [5.41, 5.74) is 0. The topological polar surface area (TPSA) is 79.4 Å². The first-order valence-corrected chi connectivity index (χ1v) is 6.84. The van der Waals surface area contributed by atoms with Crippen molar-refractivity contribution in [1.82, 2.24) is 14.9 Å². The van der Waals surface area contributed by atoms with Crippen molar-refractivity contribution in [1.29, 1.82) is 0 Å². The zero-order valence-corrected chi connectivity index (χ0v) is 12.0. The van der Waals surface area contributed by atoms with Gasteiger partial charge in [-0.15, -0.1) is 0 Å². The lowest BCUT2D eigenvalue weighted by atomic mass is 10.3. The number of ether oxygens (including phenoxy) is 1. The molecule has 0 saturated carbocycles. The zero-order valence-electron chi connectivity index (χ0n) is 12.0. The number of hydrogen-bond donors (Lipinski definition) is 2. The first kappa shape index (κ1) is 14.4. The van der Waals surface area contributed by atoms with Gasteiger partial charge < -0.3 is 20.3 Å². The number of carbonyl (C=O) groups excluding carboxylic acids is 1. The summed E-state index contributed by atoms with van der Waals surface area (Å²) in [6, 6.07) is 0. The Morgan fingerprint density at radius 1 is 1.35 bits per heavy atom. The van der Waals surface area contributed by atoms with Gasteiger partial charge in [-0.2, -0.15) is 0 Å². The van der Waals surface area contributed by atoms with Crippen LogP contribution in [0.3, 0.4) is 0 Å². The van der Waals surface area contributed by atoms with Gasteiger partial charge in [-0.3, -0.25) is 4.79 Å². The maximum atomic E-state index is 11.9. The standard InChI is InChI=1S/C13H21N5O2/c1-14-12-11(20-2)13(17-9-16-12)15-6-5-10(19)18-7-3-4-8-18/h9H,3-8H2,1-2H3,(H2,14,15,16,17). The fourth-order valence-corrected chi connectivity index (χ4v) is 2.28. The number of carbonyl (C=O) groups is 1. The smallest absolute Gasteiger partial charge is 0.224 e. The van der Waals surface area contributed by atoms with Crippen molar-refractivity contribution >= 4 is 17.5 Å². The highest BCUT2D eigenvalue weighted by Gasteiger charge is 2.17. The Bertz CT molecular complexity index is 460. The average Bonchev–Trinajstić information content (AvgIpc) is 3.01. The predicted octanol–water partition coefficient (Wildman–Crippen LogP) is 0.951. The molecule has 0 aliphatic carbocycles. The monoisotopic (exact) mass is 279 g/mol. The van der Waals surface area contributed by atoms with Gasteiger partial charge in [0.15, 0.2) is 11.6 Å². The average molecular weight is 279 g/mol. The number of nitrogens with zero attached hydrogens (tertiary/aromatic N) is 3. The summed E-state index contributed by atoms with van der Waals surface area (Å²) < 4.78 is 5.28. The van der Waals surface area contributed by atoms with Crippen LogP contribution in [-0.4, -0.2) is 54.6 Å². The molecule has 110 valence electrons. The van der Waals surface area contributed by atoms with Crippen LogP contribution in [0.15, 0.2) is 6.33 Å². The van der Waals surface area contributed by atoms with Gasteiger partial charge in [0, 0.05) is 33.1 Å². The van der Waals surface area contributed by atoms with E-state index in [1.807, 2.05) is 4.90 Å². The van der Waals surface area contributed by atoms with Crippen LogP contribution >= 0.6 is 0 Å². The van der Waals surface area contributed by atoms with Gasteiger partial charge in [-0.1, -0.05) is 0 Å². The molecule has 2 rings (SSSR count). The summed E-state index contributed by atoms with van der Waals surface area (Å²) in [7, 11) is 3.34. The van der Waals surface area contributed by atoms with Crippen molar-refractivity contribution in [3.63, 3.8) is 0 Å². The molecule has 1 aliphatic rings. The molecule has 2 heterocycles. The van der Waals surface area contributed by atoms with Gasteiger partial charge in [0.2, 0.25) is 11.7 Å². The molecule has 2 N–H and O–H groups in total. The minimum absolute atomic E-state index is 0.192. The molecule has 0 radical (unpaired) electrons. The molecule has 7 nitrogen and oxygen atoms in total. The molecule has 0 aromatic carbocycles. The number of likely N-dealkylation sites (tertiary alicyclic amines) is 1. The van der Waals surface area contributed by atoms with E-state index in [1.54, 1.807) is 14.2 Å². The molecular weight excluding hydrogens is 258 g/mol. The number of aromatic nitrogens is 2. The number of rotatable bonds is 6. The van der Waals surface area contributed by atoms with Crippen molar-refractivity contribution in [3.05, 3.63) is 6.33 Å². The number of anilines is 2. The second-order valence-corrected chi connectivity index (χ2v) is 4.62. The fraction of sp³-hybridized carbons (Fsp3) is 0.615. The van der Waals surface area contributed by atoms with Crippen LogP contribution in [0.25, 0.3) is 0 Å². The summed E-state index contributed by atoms with van der Waals surface area (Å²) in [6.45, 7) is 2.31. The van der Waals surface area contributed by atoms with Crippen molar-refractivity contribution < 1.29 is 9.53 Å². The quantitative estimate of drug-likeness (QED) is 0.807. The largest absolute Gasteiger partial charge is 0.490 e. The number of methoxy groups -OCH3 is 1. The van der Waals surface area contributed by atoms with Gasteiger partial charge in [0.1, 0.15) is 6.33 Å². The fourth-order valence-electron chi connectivity index (χ4n) is 2.28. The van der Waals surface area contributed by atoms with E-state index in [-0.39, 0.29) is 5.91 Å². The van der Waals surface area contributed by atoms with E-state index < -0.39 is 0 Å². The summed E-state index contributed by atoms with van der Waals surface area (Å²) >= 11 is 0. The van der Waals surface area contributed by atoms with Crippen molar-refractivity contribution in [2.24, 2.45) is 0 Å². The molecule has 0 atom stereocenters. The van der Waals surface area contributed by atoms with Crippen LogP contribution in [0.2, 0.25) is 0 Å². The highest BCUT2D eigenvalue weighted by atomic mass is 16.5. The minimum Gasteiger partial charge on any atom is -0.490 e. The van der Waals surface area contributed by atoms with E-state index in [1.165, 1.54) is 6.33 Å². The van der Waals surface area contributed by atoms with E-state index in [4.69, 9.17) is 4.74 Å². The maximum absolute atomic E-state index is 11.9. The second-order valence-electron chi connectivity index (χ2n) is 4.62. The Labute approximate surface area is 118 Å². The Kier molecular flexibility index (Phi) is 4.97. The first-order chi connectivity index (χ1) is 9.76. The third-order valence-electron chi connectivity index (χ3n) is 3.33. The van der Waals surface area contributed by atoms with Gasteiger partial charge in [0.05, 0.1) is 7.11 Å². The van der Waals surface area contributed by atoms with E-state index >= 15 is 0 Å². The Balaban J connectivity index is 1.89. The number of hydrogen-bond acceptors (Lipinski definition) is 6. The van der Waals surface area contributed by atoms with Gasteiger partial charge in [-0.25, -0.2) is 9.97 Å². The summed E-state index contributed by atoms with van der Waals surface area (Å²) in [5, 5.41) is 6.07. The van der Waals surface area contributed by atoms with Crippen LogP contribution in [0.1, 0.15) is 19.3 Å². The van der Waals surface area contributed by atoms with Crippen molar-refractivity contribution in [2.45, 2.75) is 19.3 Å². The third-order valence-corrected chi connectivity index (χ3v) is 3.33. The Morgan fingerprint density at radius 3 is 2.70 bits per heavy atom. The molecule has 1 saturated heterocycles. The minimum atomic E-state index is 0.192. The number of amides is 1. The van der Waals surface area contributed by atoms with Gasteiger partial charge >= 0.3 is 0 Å². The van der Waals surface area contributed by atoms with Crippen LogP contribution < -0.4 is 15.4 Å². The summed E-state index contributed by atoms with van der Waals surface area (Å²) in [6.07, 6.45) is 4.15. The van der Waals surface area contributed by atoms with Crippen LogP contribution in [0, 0.1) is 0 Å². The molecule has 7 heteroatoms. The van der Waals surface area contributed by atoms with Crippen molar-refractivity contribution in [2.75, 3.05) is 44.4 Å². The lowest BCUT2D eigenvalue weighted by molar-refractivity contribution is -0.129. The zero-order chi connectivity index (χ0) is 14.4. The lowest BCUT2D eigenvalue weighted by Crippen LogP contribution is -2.29. The predicted molar refractivity (Wildman–Crippen MR) is 77.1 cm³/mol. The molecular formula is C13H21N5O2. The van der Waals surface area contributed by atoms with Crippen LogP contribution in [0.5, 0.6) is 5.75 Å².